The summed E-state index contributed by atoms with van der Waals surface area (Å²) in [5, 5.41) is 8.69. The summed E-state index contributed by atoms with van der Waals surface area (Å²) >= 11 is 0. The lowest BCUT2D eigenvalue weighted by molar-refractivity contribution is -0.467. The number of hydrogen-bond donors (Lipinski definition) is 1. The summed E-state index contributed by atoms with van der Waals surface area (Å²) < 4.78 is 253. The number of carbonyl (C=O) groups is 2. The smallest absolute Gasteiger partial charge is 0.460 e. The number of likely N-dealkylation sites (tertiary alicyclic amines) is 1. The fourth-order valence-corrected chi connectivity index (χ4v) is 3.02. The molecule has 39 heavy (non-hydrogen) atoms. The zero-order valence-electron chi connectivity index (χ0n) is 17.8. The fraction of sp³-hybridized carbons (Fsp3) is 0.875. The van der Waals surface area contributed by atoms with Gasteiger partial charge in [0.25, 0.3) is 5.91 Å². The molecule has 0 aliphatic carbocycles. The van der Waals surface area contributed by atoms with E-state index in [1.54, 1.807) is 0 Å². The van der Waals surface area contributed by atoms with E-state index in [0.717, 1.165) is 0 Å². The molecule has 0 aromatic rings. The van der Waals surface area contributed by atoms with Gasteiger partial charge in [0, 0.05) is 13.1 Å². The highest BCUT2D eigenvalue weighted by Gasteiger charge is 2.97. The fourth-order valence-electron chi connectivity index (χ4n) is 3.02. The summed E-state index contributed by atoms with van der Waals surface area (Å²) in [6.45, 7) is -2.56. The van der Waals surface area contributed by atoms with Crippen LogP contribution in [0.1, 0.15) is 12.8 Å². The Labute approximate surface area is 201 Å². The van der Waals surface area contributed by atoms with Crippen LogP contribution in [-0.2, 0) is 9.59 Å². The number of nitrogens with zero attached hydrogens (tertiary/aromatic N) is 1. The third-order valence-corrected chi connectivity index (χ3v) is 5.52. The second-order valence-electron chi connectivity index (χ2n) is 8.00. The monoisotopic (exact) mass is 625 g/mol. The topological polar surface area (TPSA) is 57.6 Å². The van der Waals surface area contributed by atoms with Gasteiger partial charge >= 0.3 is 59.5 Å². The highest BCUT2D eigenvalue weighted by Crippen LogP contribution is 2.65. The van der Waals surface area contributed by atoms with Gasteiger partial charge in [-0.1, -0.05) is 0 Å². The normalized spacial score (nSPS) is 18.4. The van der Waals surface area contributed by atoms with Gasteiger partial charge in [0.05, 0.1) is 5.92 Å². The largest absolute Gasteiger partial charge is 0.481 e. The molecule has 0 spiro atoms. The quantitative estimate of drug-likeness (QED) is 0.323. The summed E-state index contributed by atoms with van der Waals surface area (Å²) in [5.41, 5.74) is 0. The summed E-state index contributed by atoms with van der Waals surface area (Å²) in [6.07, 6.45) is -9.66. The Kier molecular flexibility index (Phi) is 8.29. The summed E-state index contributed by atoms with van der Waals surface area (Å²) in [4.78, 5) is 21.8. The molecule has 23 heteroatoms. The van der Waals surface area contributed by atoms with E-state index >= 15 is 0 Å². The van der Waals surface area contributed by atoms with E-state index in [-0.39, 0.29) is 0 Å². The van der Waals surface area contributed by atoms with Gasteiger partial charge in [-0.3, -0.25) is 9.59 Å². The molecule has 0 aromatic carbocycles. The molecular formula is C16H10F19NO3. The molecule has 0 radical (unpaired) electrons. The van der Waals surface area contributed by atoms with Gasteiger partial charge in [-0.25, -0.2) is 0 Å². The Bertz CT molecular complexity index is 949. The average molecular weight is 625 g/mol. The molecule has 1 aliphatic heterocycles. The van der Waals surface area contributed by atoms with E-state index in [4.69, 9.17) is 5.11 Å². The molecule has 230 valence electrons. The van der Waals surface area contributed by atoms with Gasteiger partial charge in [0.15, 0.2) is 0 Å². The van der Waals surface area contributed by atoms with Gasteiger partial charge in [0.2, 0.25) is 0 Å². The average Bonchev–Trinajstić information content (AvgIpc) is 2.76. The van der Waals surface area contributed by atoms with Crippen LogP contribution in [0.3, 0.4) is 0 Å². The van der Waals surface area contributed by atoms with E-state index in [2.05, 4.69) is 0 Å². The lowest BCUT2D eigenvalue weighted by Gasteiger charge is -2.44. The van der Waals surface area contributed by atoms with Crippen molar-refractivity contribution in [2.45, 2.75) is 66.4 Å². The molecule has 1 amide bonds. The highest BCUT2D eigenvalue weighted by atomic mass is 19.4. The van der Waals surface area contributed by atoms with Crippen LogP contribution in [0.5, 0.6) is 0 Å². The molecular weight excluding hydrogens is 615 g/mol. The van der Waals surface area contributed by atoms with Crippen molar-refractivity contribution in [3.05, 3.63) is 0 Å². The van der Waals surface area contributed by atoms with Crippen molar-refractivity contribution in [2.75, 3.05) is 13.1 Å². The van der Waals surface area contributed by atoms with Gasteiger partial charge < -0.3 is 10.0 Å². The molecule has 1 saturated heterocycles. The number of amides is 1. The Hall–Kier alpha value is -2.39. The number of alkyl halides is 19. The first-order chi connectivity index (χ1) is 16.8. The van der Waals surface area contributed by atoms with Crippen molar-refractivity contribution in [2.24, 2.45) is 5.92 Å². The minimum Gasteiger partial charge on any atom is -0.481 e. The summed E-state index contributed by atoms with van der Waals surface area (Å²) in [5.74, 6) is -75.2. The molecule has 4 nitrogen and oxygen atoms in total. The van der Waals surface area contributed by atoms with Crippen molar-refractivity contribution < 1.29 is 98.1 Å². The predicted octanol–water partition coefficient (Wildman–Crippen LogP) is 5.95. The van der Waals surface area contributed by atoms with Gasteiger partial charge in [-0.15, -0.1) is 0 Å². The van der Waals surface area contributed by atoms with Crippen molar-refractivity contribution in [1.29, 1.82) is 0 Å². The van der Waals surface area contributed by atoms with Crippen LogP contribution >= 0.6 is 0 Å². The zero-order valence-corrected chi connectivity index (χ0v) is 17.8. The van der Waals surface area contributed by atoms with Crippen molar-refractivity contribution in [3.63, 3.8) is 0 Å². The number of rotatable bonds is 9. The number of carboxylic acid groups (broad SMARTS) is 1. The number of halogens is 19. The van der Waals surface area contributed by atoms with E-state index in [0.29, 0.717) is 0 Å². The molecule has 0 bridgehead atoms. The van der Waals surface area contributed by atoms with Crippen LogP contribution in [0.15, 0.2) is 0 Å². The van der Waals surface area contributed by atoms with Crippen LogP contribution < -0.4 is 0 Å². The second kappa shape index (κ2) is 9.33. The van der Waals surface area contributed by atoms with Crippen molar-refractivity contribution in [1.82, 2.24) is 4.90 Å². The zero-order chi connectivity index (χ0) is 31.6. The summed E-state index contributed by atoms with van der Waals surface area (Å²) in [6, 6.07) is 0. The van der Waals surface area contributed by atoms with Gasteiger partial charge in [-0.05, 0) is 12.8 Å². The van der Waals surface area contributed by atoms with Crippen LogP contribution in [0.4, 0.5) is 83.4 Å². The number of aliphatic carboxylic acids is 1. The maximum atomic E-state index is 14.0. The minimum absolute atomic E-state index is 0.563. The highest BCUT2D eigenvalue weighted by molar-refractivity contribution is 5.85. The Morgan fingerprint density at radius 2 is 0.795 bits per heavy atom. The third kappa shape index (κ3) is 4.59. The minimum atomic E-state index is -9.07. The van der Waals surface area contributed by atoms with Crippen LogP contribution in [-0.4, -0.2) is 88.5 Å². The van der Waals surface area contributed by atoms with E-state index in [1.165, 1.54) is 0 Å². The maximum absolute atomic E-state index is 14.0. The first-order valence-electron chi connectivity index (χ1n) is 9.43. The molecule has 1 N–H and O–H groups in total. The molecule has 0 aromatic heterocycles. The van der Waals surface area contributed by atoms with Gasteiger partial charge in [0.1, 0.15) is 0 Å². The number of carbonyl (C=O) groups excluding carboxylic acids is 1. The molecule has 1 rings (SSSR count). The van der Waals surface area contributed by atoms with E-state index in [9.17, 15) is 93.0 Å². The lowest BCUT2D eigenvalue weighted by atomic mass is 9.87. The first-order valence-corrected chi connectivity index (χ1v) is 9.43. The molecule has 0 atom stereocenters. The van der Waals surface area contributed by atoms with Crippen LogP contribution in [0.2, 0.25) is 0 Å². The van der Waals surface area contributed by atoms with Gasteiger partial charge in [-0.2, -0.15) is 83.4 Å². The van der Waals surface area contributed by atoms with E-state index in [1.807, 2.05) is 0 Å². The molecule has 0 saturated carbocycles. The molecule has 0 unspecified atom stereocenters. The first kappa shape index (κ1) is 34.6. The second-order valence-corrected chi connectivity index (χ2v) is 8.00. The Balaban J connectivity index is 3.58. The van der Waals surface area contributed by atoms with Crippen LogP contribution in [0.25, 0.3) is 0 Å². The van der Waals surface area contributed by atoms with Crippen LogP contribution in [0, 0.1) is 5.92 Å². The standard InChI is InChI=1S/C16H10F19NO3/c17-8(18,7(39)36-3-1-5(2-4-36)6(37)38)9(19,20)10(21,22)11(23,24)12(25,26)13(27,28)14(29,30)15(31,32)16(33,34)35/h5H,1-4H2,(H,37,38). The SMILES string of the molecule is O=C(O)C1CCN(C(=O)C(F)(F)C(F)(F)C(F)(F)C(F)(F)C(F)(F)C(F)(F)C(F)(F)C(F)(F)C(F)(F)F)CC1. The Morgan fingerprint density at radius 1 is 0.513 bits per heavy atom. The molecule has 1 heterocycles. The third-order valence-electron chi connectivity index (χ3n) is 5.52. The molecule has 1 aliphatic rings. The lowest BCUT2D eigenvalue weighted by Crippen LogP contribution is -2.76. The van der Waals surface area contributed by atoms with Crippen molar-refractivity contribution in [3.8, 4) is 0 Å². The summed E-state index contributed by atoms with van der Waals surface area (Å²) in [7, 11) is 0. The Morgan fingerprint density at radius 3 is 1.08 bits per heavy atom. The predicted molar refractivity (Wildman–Crippen MR) is 82.6 cm³/mol. The number of piperidine rings is 1. The maximum Gasteiger partial charge on any atom is 0.460 e. The molecule has 1 fully saturated rings. The van der Waals surface area contributed by atoms with E-state index < -0.39 is 102 Å². The van der Waals surface area contributed by atoms with Crippen molar-refractivity contribution >= 4 is 11.9 Å². The number of carboxylic acids is 1. The number of hydrogen-bond acceptors (Lipinski definition) is 2.